The van der Waals surface area contributed by atoms with Crippen molar-refractivity contribution in [1.82, 2.24) is 0 Å². The zero-order valence-corrected chi connectivity index (χ0v) is 5.03. The molecule has 0 aliphatic carbocycles. The molecule has 1 fully saturated rings. The lowest BCUT2D eigenvalue weighted by Gasteiger charge is -2.28. The second kappa shape index (κ2) is 2.62. The van der Waals surface area contributed by atoms with Crippen LogP contribution in [0.2, 0.25) is 0 Å². The summed E-state index contributed by atoms with van der Waals surface area (Å²) in [6.07, 6.45) is -1.10. The molecule has 0 aromatic rings. The fraction of sp³-hybridized carbons (Fsp3) is 1.00. The van der Waals surface area contributed by atoms with Crippen LogP contribution in [0.4, 0.5) is 0 Å². The van der Waals surface area contributed by atoms with Gasteiger partial charge in [0.25, 0.3) is 0 Å². The number of hydrogen-bond acceptors (Lipinski definition) is 4. The van der Waals surface area contributed by atoms with Gasteiger partial charge in [-0.25, -0.2) is 0 Å². The van der Waals surface area contributed by atoms with E-state index in [-0.39, 0.29) is 0 Å². The van der Waals surface area contributed by atoms with Gasteiger partial charge in [0, 0.05) is 0 Å². The highest BCUT2D eigenvalue weighted by Gasteiger charge is 2.27. The first kappa shape index (κ1) is 6.95. The van der Waals surface area contributed by atoms with Gasteiger partial charge >= 0.3 is 0 Å². The lowest BCUT2D eigenvalue weighted by molar-refractivity contribution is -0.165. The highest BCUT2D eigenvalue weighted by atomic mass is 16.6. The largest absolute Gasteiger partial charge is 0.391 e. The summed E-state index contributed by atoms with van der Waals surface area (Å²) >= 11 is 0. The zero-order valence-electron chi connectivity index (χ0n) is 5.03. The van der Waals surface area contributed by atoms with Crippen molar-refractivity contribution in [2.45, 2.75) is 24.9 Å². The van der Waals surface area contributed by atoms with Crippen LogP contribution >= 0.6 is 0 Å². The fourth-order valence-electron chi connectivity index (χ4n) is 0.803. The third-order valence-corrected chi connectivity index (χ3v) is 1.48. The first-order valence-corrected chi connectivity index (χ1v) is 2.95. The molecular weight excluding hydrogens is 122 g/mol. The first-order valence-electron chi connectivity index (χ1n) is 2.95. The molecular formula is C5H11NO3. The number of aliphatic hydroxyl groups excluding tert-OH is 2. The summed E-state index contributed by atoms with van der Waals surface area (Å²) in [5.74, 6) is 0. The molecule has 4 nitrogen and oxygen atoms in total. The van der Waals surface area contributed by atoms with Crippen molar-refractivity contribution in [1.29, 1.82) is 0 Å². The molecule has 4 heteroatoms. The molecule has 0 amide bonds. The predicted molar refractivity (Wildman–Crippen MR) is 30.6 cm³/mol. The molecule has 1 aliphatic heterocycles. The standard InChI is InChI=1S/C5H11NO3/c6-4-3(7)1-2-9-5(4)8/h3-5,7-8H,1-2,6H2/t3-,4+,5-/m1/s1. The Morgan fingerprint density at radius 3 is 2.56 bits per heavy atom. The summed E-state index contributed by atoms with van der Waals surface area (Å²) in [6.45, 7) is 0.385. The van der Waals surface area contributed by atoms with Gasteiger partial charge in [-0.05, 0) is 6.42 Å². The van der Waals surface area contributed by atoms with Crippen LogP contribution in [0.3, 0.4) is 0 Å². The number of aliphatic hydroxyl groups is 2. The number of hydrogen-bond donors (Lipinski definition) is 3. The molecule has 9 heavy (non-hydrogen) atoms. The molecule has 1 heterocycles. The van der Waals surface area contributed by atoms with Crippen molar-refractivity contribution in [3.8, 4) is 0 Å². The van der Waals surface area contributed by atoms with Gasteiger partial charge in [-0.15, -0.1) is 0 Å². The maximum absolute atomic E-state index is 8.98. The second-order valence-corrected chi connectivity index (χ2v) is 2.19. The first-order chi connectivity index (χ1) is 4.22. The van der Waals surface area contributed by atoms with E-state index < -0.39 is 18.4 Å². The summed E-state index contributed by atoms with van der Waals surface area (Å²) in [4.78, 5) is 0. The van der Waals surface area contributed by atoms with E-state index in [0.29, 0.717) is 13.0 Å². The Morgan fingerprint density at radius 2 is 2.11 bits per heavy atom. The van der Waals surface area contributed by atoms with Crippen LogP contribution in [0.25, 0.3) is 0 Å². The molecule has 0 spiro atoms. The third-order valence-electron chi connectivity index (χ3n) is 1.48. The van der Waals surface area contributed by atoms with Crippen molar-refractivity contribution in [2.75, 3.05) is 6.61 Å². The molecule has 1 aliphatic rings. The van der Waals surface area contributed by atoms with Crippen molar-refractivity contribution in [3.63, 3.8) is 0 Å². The summed E-state index contributed by atoms with van der Waals surface area (Å²) in [6, 6.07) is -0.640. The van der Waals surface area contributed by atoms with Crippen molar-refractivity contribution in [2.24, 2.45) is 5.73 Å². The molecule has 0 radical (unpaired) electrons. The van der Waals surface area contributed by atoms with Gasteiger partial charge < -0.3 is 20.7 Å². The van der Waals surface area contributed by atoms with E-state index in [9.17, 15) is 0 Å². The molecule has 54 valence electrons. The lowest BCUT2D eigenvalue weighted by Crippen LogP contribution is -2.50. The molecule has 0 bridgehead atoms. The van der Waals surface area contributed by atoms with Crippen molar-refractivity contribution < 1.29 is 14.9 Å². The van der Waals surface area contributed by atoms with Gasteiger partial charge in [-0.3, -0.25) is 0 Å². The Labute approximate surface area is 53.2 Å². The monoisotopic (exact) mass is 133 g/mol. The van der Waals surface area contributed by atoms with Gasteiger partial charge in [0.1, 0.15) is 0 Å². The zero-order chi connectivity index (χ0) is 6.85. The molecule has 0 unspecified atom stereocenters. The van der Waals surface area contributed by atoms with Crippen LogP contribution < -0.4 is 5.73 Å². The topological polar surface area (TPSA) is 75.7 Å². The van der Waals surface area contributed by atoms with E-state index in [0.717, 1.165) is 0 Å². The fourth-order valence-corrected chi connectivity index (χ4v) is 0.803. The van der Waals surface area contributed by atoms with Gasteiger partial charge in [0.2, 0.25) is 0 Å². The lowest BCUT2D eigenvalue weighted by atomic mass is 10.1. The quantitative estimate of drug-likeness (QED) is 0.372. The van der Waals surface area contributed by atoms with Gasteiger partial charge in [-0.2, -0.15) is 0 Å². The maximum Gasteiger partial charge on any atom is 0.172 e. The minimum Gasteiger partial charge on any atom is -0.391 e. The van der Waals surface area contributed by atoms with Crippen molar-refractivity contribution in [3.05, 3.63) is 0 Å². The Morgan fingerprint density at radius 1 is 1.44 bits per heavy atom. The average molecular weight is 133 g/mol. The minimum absolute atomic E-state index is 0.385. The summed E-state index contributed by atoms with van der Waals surface area (Å²) < 4.78 is 4.73. The van der Waals surface area contributed by atoms with Gasteiger partial charge in [0.05, 0.1) is 18.8 Å². The molecule has 0 aromatic carbocycles. The van der Waals surface area contributed by atoms with Crippen LogP contribution in [0, 0.1) is 0 Å². The van der Waals surface area contributed by atoms with Crippen LogP contribution in [-0.4, -0.2) is 35.3 Å². The average Bonchev–Trinajstić information content (AvgIpc) is 1.83. The van der Waals surface area contributed by atoms with Crippen LogP contribution in [0.5, 0.6) is 0 Å². The number of ether oxygens (including phenoxy) is 1. The summed E-state index contributed by atoms with van der Waals surface area (Å²) in [5.41, 5.74) is 5.30. The SMILES string of the molecule is N[C@H]1[C@H](O)CCO[C@H]1O. The highest BCUT2D eigenvalue weighted by molar-refractivity contribution is 4.77. The minimum atomic E-state index is -0.992. The van der Waals surface area contributed by atoms with E-state index >= 15 is 0 Å². The van der Waals surface area contributed by atoms with Crippen LogP contribution in [0.15, 0.2) is 0 Å². The molecule has 0 aromatic heterocycles. The van der Waals surface area contributed by atoms with Crippen LogP contribution in [0.1, 0.15) is 6.42 Å². The third kappa shape index (κ3) is 1.40. The van der Waals surface area contributed by atoms with E-state index in [1.54, 1.807) is 0 Å². The van der Waals surface area contributed by atoms with Crippen LogP contribution in [-0.2, 0) is 4.74 Å². The number of nitrogens with two attached hydrogens (primary N) is 1. The van der Waals surface area contributed by atoms with Gasteiger partial charge in [0.15, 0.2) is 6.29 Å². The van der Waals surface area contributed by atoms with Crippen molar-refractivity contribution >= 4 is 0 Å². The highest BCUT2D eigenvalue weighted by Crippen LogP contribution is 2.09. The second-order valence-electron chi connectivity index (χ2n) is 2.19. The normalized spacial score (nSPS) is 45.0. The van der Waals surface area contributed by atoms with Gasteiger partial charge in [-0.1, -0.05) is 0 Å². The summed E-state index contributed by atoms with van der Waals surface area (Å²) in [5, 5.41) is 17.8. The molecule has 1 saturated heterocycles. The van der Waals surface area contributed by atoms with E-state index in [1.807, 2.05) is 0 Å². The Kier molecular flexibility index (Phi) is 2.02. The predicted octanol–water partition coefficient (Wildman–Crippen LogP) is -1.59. The van der Waals surface area contributed by atoms with E-state index in [4.69, 9.17) is 20.7 Å². The molecule has 3 atom stereocenters. The Bertz CT molecular complexity index is 88.2. The molecule has 1 rings (SSSR count). The summed E-state index contributed by atoms with van der Waals surface area (Å²) in [7, 11) is 0. The Hall–Kier alpha value is -0.160. The Balaban J connectivity index is 2.41. The maximum atomic E-state index is 8.98. The smallest absolute Gasteiger partial charge is 0.172 e. The number of rotatable bonds is 0. The molecule has 0 saturated carbocycles. The van der Waals surface area contributed by atoms with E-state index in [1.165, 1.54) is 0 Å². The molecule has 4 N–H and O–H groups in total. The van der Waals surface area contributed by atoms with E-state index in [2.05, 4.69) is 0 Å².